The molecule has 0 aliphatic rings. The van der Waals surface area contributed by atoms with Crippen molar-refractivity contribution in [2.45, 2.75) is 27.3 Å². The summed E-state index contributed by atoms with van der Waals surface area (Å²) in [6, 6.07) is 1.71. The lowest BCUT2D eigenvalue weighted by atomic mass is 10.2. The van der Waals surface area contributed by atoms with Gasteiger partial charge in [0.1, 0.15) is 0 Å². The topological polar surface area (TPSA) is 79.4 Å². The lowest BCUT2D eigenvalue weighted by molar-refractivity contribution is 0.521. The maximum absolute atomic E-state index is 11.8. The highest BCUT2D eigenvalue weighted by atomic mass is 32.1. The van der Waals surface area contributed by atoms with Gasteiger partial charge < -0.3 is 0 Å². The molecule has 7 heteroatoms. The maximum atomic E-state index is 11.8. The van der Waals surface area contributed by atoms with Gasteiger partial charge in [0.15, 0.2) is 10.6 Å². The van der Waals surface area contributed by atoms with Crippen molar-refractivity contribution in [3.05, 3.63) is 26.9 Å². The minimum Gasteiger partial charge on any atom is -0.300 e. The molecule has 96 valence electrons. The van der Waals surface area contributed by atoms with E-state index in [1.165, 1.54) is 0 Å². The van der Waals surface area contributed by atoms with E-state index in [2.05, 4.69) is 34.2 Å². The Kier molecular flexibility index (Phi) is 3.42. The Balaban J connectivity index is 2.61. The van der Waals surface area contributed by atoms with Gasteiger partial charge in [-0.15, -0.1) is 0 Å². The molecule has 0 aliphatic heterocycles. The number of aromatic amines is 2. The fraction of sp³-hybridized carbons (Fsp3) is 0.455. The second-order valence-corrected chi connectivity index (χ2v) is 5.00. The molecule has 0 unspecified atom stereocenters. The van der Waals surface area contributed by atoms with Crippen molar-refractivity contribution < 1.29 is 0 Å². The van der Waals surface area contributed by atoms with Crippen LogP contribution in [0.5, 0.6) is 0 Å². The molecule has 2 N–H and O–H groups in total. The third-order valence-corrected chi connectivity index (χ3v) is 2.79. The predicted molar refractivity (Wildman–Crippen MR) is 70.8 cm³/mol. The number of nitrogens with zero attached hydrogens (tertiary/aromatic N) is 3. The normalized spacial score (nSPS) is 11.1. The molecule has 18 heavy (non-hydrogen) atoms. The summed E-state index contributed by atoms with van der Waals surface area (Å²) in [7, 11) is 0. The van der Waals surface area contributed by atoms with Gasteiger partial charge in [-0.05, 0) is 31.1 Å². The summed E-state index contributed by atoms with van der Waals surface area (Å²) in [6.07, 6.45) is 0. The lowest BCUT2D eigenvalue weighted by Gasteiger charge is -2.08. The van der Waals surface area contributed by atoms with Crippen LogP contribution < -0.4 is 5.56 Å². The first kappa shape index (κ1) is 12.7. The Morgan fingerprint density at radius 3 is 2.78 bits per heavy atom. The molecule has 0 radical (unpaired) electrons. The molecule has 0 aromatic carbocycles. The third-order valence-electron chi connectivity index (χ3n) is 2.48. The number of hydrogen-bond donors (Lipinski definition) is 2. The Hall–Kier alpha value is -1.76. The zero-order valence-corrected chi connectivity index (χ0v) is 11.3. The summed E-state index contributed by atoms with van der Waals surface area (Å²) in [5.74, 6) is 0.968. The molecular weight excluding hydrogens is 250 g/mol. The van der Waals surface area contributed by atoms with Crippen molar-refractivity contribution in [3.8, 4) is 11.4 Å². The minimum absolute atomic E-state index is 0.264. The van der Waals surface area contributed by atoms with Gasteiger partial charge in [0, 0.05) is 6.54 Å². The fourth-order valence-electron chi connectivity index (χ4n) is 1.73. The highest BCUT2D eigenvalue weighted by Gasteiger charge is 2.13. The van der Waals surface area contributed by atoms with Crippen molar-refractivity contribution in [3.63, 3.8) is 0 Å². The SMILES string of the molecule is Cc1cc(-c2n[nH]c(=S)n2CC(C)C)c(=O)[nH]n1. The van der Waals surface area contributed by atoms with E-state index >= 15 is 0 Å². The Bertz CT molecular complexity index is 667. The number of aryl methyl sites for hydroxylation is 1. The van der Waals surface area contributed by atoms with Crippen LogP contribution >= 0.6 is 12.2 Å². The van der Waals surface area contributed by atoms with E-state index < -0.39 is 0 Å². The van der Waals surface area contributed by atoms with Crippen LogP contribution in [0.25, 0.3) is 11.4 Å². The smallest absolute Gasteiger partial charge is 0.275 e. The number of hydrogen-bond acceptors (Lipinski definition) is 4. The predicted octanol–water partition coefficient (Wildman–Crippen LogP) is 1.66. The van der Waals surface area contributed by atoms with Crippen LogP contribution in [-0.4, -0.2) is 25.0 Å². The van der Waals surface area contributed by atoms with Gasteiger partial charge in [-0.3, -0.25) is 14.5 Å². The molecular formula is C11H15N5OS. The first-order valence-electron chi connectivity index (χ1n) is 5.71. The number of H-pyrrole nitrogens is 2. The third kappa shape index (κ3) is 2.40. The van der Waals surface area contributed by atoms with Gasteiger partial charge in [0.25, 0.3) is 5.56 Å². The van der Waals surface area contributed by atoms with Gasteiger partial charge in [0.05, 0.1) is 11.3 Å². The molecule has 2 aromatic heterocycles. The van der Waals surface area contributed by atoms with Crippen LogP contribution in [-0.2, 0) is 6.54 Å². The van der Waals surface area contributed by atoms with E-state index in [0.717, 1.165) is 5.69 Å². The van der Waals surface area contributed by atoms with Crippen molar-refractivity contribution in [1.82, 2.24) is 25.0 Å². The Morgan fingerprint density at radius 2 is 2.11 bits per heavy atom. The van der Waals surface area contributed by atoms with E-state index in [9.17, 15) is 4.79 Å². The van der Waals surface area contributed by atoms with Crippen LogP contribution in [0.1, 0.15) is 19.5 Å². The van der Waals surface area contributed by atoms with E-state index in [-0.39, 0.29) is 5.56 Å². The molecule has 0 fully saturated rings. The largest absolute Gasteiger partial charge is 0.300 e. The van der Waals surface area contributed by atoms with Crippen LogP contribution in [0.15, 0.2) is 10.9 Å². The van der Waals surface area contributed by atoms with E-state index in [1.54, 1.807) is 6.07 Å². The number of rotatable bonds is 3. The Morgan fingerprint density at radius 1 is 1.39 bits per heavy atom. The quantitative estimate of drug-likeness (QED) is 0.827. The molecule has 2 rings (SSSR count). The van der Waals surface area contributed by atoms with Crippen molar-refractivity contribution in [2.75, 3.05) is 0 Å². The van der Waals surface area contributed by atoms with E-state index in [4.69, 9.17) is 12.2 Å². The molecule has 0 bridgehead atoms. The van der Waals surface area contributed by atoms with Crippen LogP contribution in [0.2, 0.25) is 0 Å². The zero-order chi connectivity index (χ0) is 13.3. The molecule has 6 nitrogen and oxygen atoms in total. The summed E-state index contributed by atoms with van der Waals surface area (Å²) < 4.78 is 2.36. The molecule has 0 saturated heterocycles. The second-order valence-electron chi connectivity index (χ2n) is 4.61. The molecule has 2 heterocycles. The van der Waals surface area contributed by atoms with Gasteiger partial charge in [0.2, 0.25) is 0 Å². The fourth-order valence-corrected chi connectivity index (χ4v) is 1.94. The minimum atomic E-state index is -0.264. The van der Waals surface area contributed by atoms with Gasteiger partial charge in [-0.1, -0.05) is 13.8 Å². The molecule has 0 aliphatic carbocycles. The number of aromatic nitrogens is 5. The highest BCUT2D eigenvalue weighted by molar-refractivity contribution is 7.71. The lowest BCUT2D eigenvalue weighted by Crippen LogP contribution is -2.15. The van der Waals surface area contributed by atoms with Crippen molar-refractivity contribution >= 4 is 12.2 Å². The molecule has 0 amide bonds. The summed E-state index contributed by atoms with van der Waals surface area (Å²) in [5.41, 5.74) is 0.949. The van der Waals surface area contributed by atoms with Crippen LogP contribution in [0.3, 0.4) is 0 Å². The van der Waals surface area contributed by atoms with Gasteiger partial charge in [-0.2, -0.15) is 10.2 Å². The molecule has 0 saturated carbocycles. The summed E-state index contributed by atoms with van der Waals surface area (Å²) in [4.78, 5) is 11.8. The second kappa shape index (κ2) is 4.85. The van der Waals surface area contributed by atoms with Crippen LogP contribution in [0.4, 0.5) is 0 Å². The monoisotopic (exact) mass is 265 g/mol. The first-order valence-corrected chi connectivity index (χ1v) is 6.11. The molecule has 0 atom stereocenters. The first-order chi connectivity index (χ1) is 8.49. The number of nitrogens with one attached hydrogen (secondary N) is 2. The summed E-state index contributed by atoms with van der Waals surface area (Å²) in [5, 5.41) is 13.2. The summed E-state index contributed by atoms with van der Waals surface area (Å²) in [6.45, 7) is 6.69. The zero-order valence-electron chi connectivity index (χ0n) is 10.5. The summed E-state index contributed by atoms with van der Waals surface area (Å²) >= 11 is 5.18. The van der Waals surface area contributed by atoms with Crippen LogP contribution in [0, 0.1) is 17.6 Å². The van der Waals surface area contributed by atoms with Gasteiger partial charge >= 0.3 is 0 Å². The average Bonchev–Trinajstić information content (AvgIpc) is 2.64. The van der Waals surface area contributed by atoms with E-state index in [1.807, 2.05) is 11.5 Å². The highest BCUT2D eigenvalue weighted by Crippen LogP contribution is 2.14. The van der Waals surface area contributed by atoms with Gasteiger partial charge in [-0.25, -0.2) is 5.10 Å². The standard InChI is InChI=1S/C11H15N5OS/c1-6(2)5-16-9(13-15-11(16)18)8-4-7(3)12-14-10(8)17/h4,6H,5H2,1-3H3,(H,14,17)(H,15,18). The Labute approximate surface area is 109 Å². The average molecular weight is 265 g/mol. The van der Waals surface area contributed by atoms with Crippen molar-refractivity contribution in [2.24, 2.45) is 5.92 Å². The van der Waals surface area contributed by atoms with Crippen molar-refractivity contribution in [1.29, 1.82) is 0 Å². The maximum Gasteiger partial charge on any atom is 0.275 e. The molecule has 2 aromatic rings. The van der Waals surface area contributed by atoms with E-state index in [0.29, 0.717) is 28.6 Å². The molecule has 0 spiro atoms.